The molecule has 1 N–H and O–H groups in total. The van der Waals surface area contributed by atoms with Gasteiger partial charge in [-0.1, -0.05) is 20.8 Å². The minimum atomic E-state index is -0.922. The summed E-state index contributed by atoms with van der Waals surface area (Å²) in [6.07, 6.45) is 7.18. The molecule has 2 heterocycles. The number of carbonyl (C=O) groups is 2. The molecule has 6 heteroatoms. The second kappa shape index (κ2) is 6.60. The van der Waals surface area contributed by atoms with Gasteiger partial charge in [0.05, 0.1) is 5.01 Å². The van der Waals surface area contributed by atoms with Crippen LogP contribution >= 0.6 is 11.3 Å². The lowest BCUT2D eigenvalue weighted by atomic mass is 9.98. The van der Waals surface area contributed by atoms with Gasteiger partial charge >= 0.3 is 5.97 Å². The smallest absolute Gasteiger partial charge is 0.326 e. The molecular formula is C16H22N2O3S. The van der Waals surface area contributed by atoms with Crippen molar-refractivity contribution in [2.45, 2.75) is 51.5 Å². The number of hydrogen-bond acceptors (Lipinski definition) is 4. The van der Waals surface area contributed by atoms with Crippen LogP contribution in [0.4, 0.5) is 0 Å². The third kappa shape index (κ3) is 3.94. The Bertz CT molecular complexity index is 586. The zero-order valence-electron chi connectivity index (χ0n) is 13.2. The van der Waals surface area contributed by atoms with E-state index in [0.717, 1.165) is 22.7 Å². The highest BCUT2D eigenvalue weighted by atomic mass is 32.1. The summed E-state index contributed by atoms with van der Waals surface area (Å²) in [6.45, 7) is 6.79. The monoisotopic (exact) mass is 322 g/mol. The van der Waals surface area contributed by atoms with Crippen LogP contribution in [0.2, 0.25) is 0 Å². The minimum absolute atomic E-state index is 0.0119. The number of carboxylic acid groups (broad SMARTS) is 1. The minimum Gasteiger partial charge on any atom is -0.480 e. The van der Waals surface area contributed by atoms with E-state index in [0.29, 0.717) is 13.0 Å². The van der Waals surface area contributed by atoms with Gasteiger partial charge in [-0.15, -0.1) is 11.3 Å². The number of thiazole rings is 1. The Labute approximate surface area is 134 Å². The van der Waals surface area contributed by atoms with Crippen LogP contribution in [0.3, 0.4) is 0 Å². The van der Waals surface area contributed by atoms with Gasteiger partial charge in [0, 0.05) is 29.1 Å². The van der Waals surface area contributed by atoms with Gasteiger partial charge < -0.3 is 10.0 Å². The molecule has 1 aromatic heterocycles. The predicted octanol–water partition coefficient (Wildman–Crippen LogP) is 2.92. The van der Waals surface area contributed by atoms with Gasteiger partial charge in [-0.05, 0) is 25.3 Å². The number of carbonyl (C=O) groups excluding carboxylic acids is 1. The van der Waals surface area contributed by atoms with E-state index < -0.39 is 12.0 Å². The normalized spacial score (nSPS) is 19.6. The molecule has 5 nitrogen and oxygen atoms in total. The van der Waals surface area contributed by atoms with Crippen LogP contribution in [0.1, 0.15) is 49.9 Å². The van der Waals surface area contributed by atoms with Gasteiger partial charge in [0.15, 0.2) is 0 Å². The number of nitrogens with zero attached hydrogens (tertiary/aromatic N) is 2. The van der Waals surface area contributed by atoms with Crippen molar-refractivity contribution in [2.24, 2.45) is 0 Å². The highest BCUT2D eigenvalue weighted by molar-refractivity contribution is 7.12. The second-order valence-electron chi connectivity index (χ2n) is 6.53. The molecule has 120 valence electrons. The fourth-order valence-electron chi connectivity index (χ4n) is 2.41. The molecule has 1 saturated heterocycles. The van der Waals surface area contributed by atoms with Crippen molar-refractivity contribution >= 4 is 29.3 Å². The van der Waals surface area contributed by atoms with E-state index in [2.05, 4.69) is 25.8 Å². The Hall–Kier alpha value is -1.69. The molecule has 1 atom stereocenters. The van der Waals surface area contributed by atoms with Crippen molar-refractivity contribution in [1.29, 1.82) is 0 Å². The summed E-state index contributed by atoms with van der Waals surface area (Å²) < 4.78 is 0. The lowest BCUT2D eigenvalue weighted by molar-refractivity contribution is -0.150. The fourth-order valence-corrected chi connectivity index (χ4v) is 3.29. The number of aliphatic carboxylic acids is 1. The van der Waals surface area contributed by atoms with E-state index in [9.17, 15) is 14.7 Å². The van der Waals surface area contributed by atoms with Crippen LogP contribution in [0.5, 0.6) is 0 Å². The van der Waals surface area contributed by atoms with Gasteiger partial charge in [0.25, 0.3) is 0 Å². The van der Waals surface area contributed by atoms with Crippen LogP contribution in [0.25, 0.3) is 6.08 Å². The number of hydrogen-bond donors (Lipinski definition) is 1. The maximum Gasteiger partial charge on any atom is 0.326 e. The largest absolute Gasteiger partial charge is 0.480 e. The molecule has 22 heavy (non-hydrogen) atoms. The summed E-state index contributed by atoms with van der Waals surface area (Å²) in [6, 6.07) is -0.697. The third-order valence-electron chi connectivity index (χ3n) is 3.63. The van der Waals surface area contributed by atoms with Gasteiger partial charge in [0.1, 0.15) is 6.04 Å². The first kappa shape index (κ1) is 16.7. The van der Waals surface area contributed by atoms with Crippen molar-refractivity contribution in [2.75, 3.05) is 6.54 Å². The first-order valence-electron chi connectivity index (χ1n) is 7.47. The molecule has 0 aromatic carbocycles. The third-order valence-corrected chi connectivity index (χ3v) is 5.01. The van der Waals surface area contributed by atoms with Crippen molar-refractivity contribution in [3.63, 3.8) is 0 Å². The van der Waals surface area contributed by atoms with E-state index >= 15 is 0 Å². The number of carboxylic acids is 1. The molecule has 1 amide bonds. The maximum absolute atomic E-state index is 12.2. The standard InChI is InChI=1S/C16H22N2O3S/c1-16(2,3)15-17-10-11(22-15)7-8-13(19)18-9-5-4-6-12(18)14(20)21/h7-8,10,12H,4-6,9H2,1-3H3,(H,20,21)/b8-7+. The summed E-state index contributed by atoms with van der Waals surface area (Å²) in [5.74, 6) is -1.16. The molecule has 1 unspecified atom stereocenters. The maximum atomic E-state index is 12.2. The van der Waals surface area contributed by atoms with Crippen molar-refractivity contribution < 1.29 is 14.7 Å². The summed E-state index contributed by atoms with van der Waals surface area (Å²) >= 11 is 1.55. The van der Waals surface area contributed by atoms with E-state index in [-0.39, 0.29) is 11.3 Å². The molecule has 0 radical (unpaired) electrons. The molecule has 1 aliphatic heterocycles. The van der Waals surface area contributed by atoms with Gasteiger partial charge in [-0.3, -0.25) is 4.79 Å². The SMILES string of the molecule is CC(C)(C)c1ncc(/C=C/C(=O)N2CCCCC2C(=O)O)s1. The molecule has 1 aromatic rings. The number of aromatic nitrogens is 1. The summed E-state index contributed by atoms with van der Waals surface area (Å²) in [5.41, 5.74) is -0.0119. The molecule has 1 aliphatic rings. The Balaban J connectivity index is 2.07. The van der Waals surface area contributed by atoms with E-state index in [1.165, 1.54) is 11.0 Å². The molecule has 0 bridgehead atoms. The highest BCUT2D eigenvalue weighted by Gasteiger charge is 2.30. The number of rotatable bonds is 3. The first-order valence-corrected chi connectivity index (χ1v) is 8.28. The van der Waals surface area contributed by atoms with Crippen molar-refractivity contribution in [1.82, 2.24) is 9.88 Å². The Morgan fingerprint density at radius 1 is 1.41 bits per heavy atom. The predicted molar refractivity (Wildman–Crippen MR) is 86.8 cm³/mol. The molecule has 0 aliphatic carbocycles. The molecule has 1 fully saturated rings. The van der Waals surface area contributed by atoms with Gasteiger partial charge in [-0.2, -0.15) is 0 Å². The Kier molecular flexibility index (Phi) is 5.01. The zero-order chi connectivity index (χ0) is 16.3. The summed E-state index contributed by atoms with van der Waals surface area (Å²) in [5, 5.41) is 10.2. The van der Waals surface area contributed by atoms with E-state index in [1.807, 2.05) is 0 Å². The van der Waals surface area contributed by atoms with Crippen LogP contribution in [0, 0.1) is 0 Å². The van der Waals surface area contributed by atoms with E-state index in [1.54, 1.807) is 23.6 Å². The number of piperidine rings is 1. The van der Waals surface area contributed by atoms with Crippen LogP contribution in [-0.2, 0) is 15.0 Å². The van der Waals surface area contributed by atoms with Crippen LogP contribution in [-0.4, -0.2) is 39.5 Å². The quantitative estimate of drug-likeness (QED) is 0.869. The van der Waals surface area contributed by atoms with E-state index in [4.69, 9.17) is 0 Å². The highest BCUT2D eigenvalue weighted by Crippen LogP contribution is 2.27. The van der Waals surface area contributed by atoms with Crippen LogP contribution in [0.15, 0.2) is 12.3 Å². The number of likely N-dealkylation sites (tertiary alicyclic amines) is 1. The Morgan fingerprint density at radius 3 is 2.73 bits per heavy atom. The van der Waals surface area contributed by atoms with Crippen molar-refractivity contribution in [3.8, 4) is 0 Å². The summed E-state index contributed by atoms with van der Waals surface area (Å²) in [4.78, 5) is 30.2. The lowest BCUT2D eigenvalue weighted by Crippen LogP contribution is -2.47. The van der Waals surface area contributed by atoms with Gasteiger partial charge in [0.2, 0.25) is 5.91 Å². The first-order chi connectivity index (χ1) is 10.3. The molecular weight excluding hydrogens is 300 g/mol. The van der Waals surface area contributed by atoms with Crippen molar-refractivity contribution in [3.05, 3.63) is 22.2 Å². The molecule has 0 saturated carbocycles. The fraction of sp³-hybridized carbons (Fsp3) is 0.562. The molecule has 2 rings (SSSR count). The van der Waals surface area contributed by atoms with Gasteiger partial charge in [-0.25, -0.2) is 9.78 Å². The average molecular weight is 322 g/mol. The van der Waals surface area contributed by atoms with Crippen LogP contribution < -0.4 is 0 Å². The lowest BCUT2D eigenvalue weighted by Gasteiger charge is -2.32. The molecule has 0 spiro atoms. The average Bonchev–Trinajstić information content (AvgIpc) is 2.93. The zero-order valence-corrected chi connectivity index (χ0v) is 14.0. The Morgan fingerprint density at radius 2 is 2.14 bits per heavy atom. The summed E-state index contributed by atoms with van der Waals surface area (Å²) in [7, 11) is 0. The second-order valence-corrected chi connectivity index (χ2v) is 7.59. The topological polar surface area (TPSA) is 70.5 Å². The number of amides is 1.